The molecule has 6 nitrogen and oxygen atoms in total. The second-order valence-electron chi connectivity index (χ2n) is 5.41. The van der Waals surface area contributed by atoms with Crippen LogP contribution in [0, 0.1) is 0 Å². The third-order valence-corrected chi connectivity index (χ3v) is 3.80. The minimum atomic E-state index is -0.100. The van der Waals surface area contributed by atoms with Crippen LogP contribution in [-0.4, -0.2) is 47.8 Å². The highest BCUT2D eigenvalue weighted by molar-refractivity contribution is 5.86. The minimum Gasteiger partial charge on any atom is -0.373 e. The number of carbonyl (C=O) groups excluding carboxylic acids is 1. The fourth-order valence-corrected chi connectivity index (χ4v) is 2.54. The number of amides is 1. The zero-order chi connectivity index (χ0) is 14.8. The monoisotopic (exact) mass is 289 g/mol. The number of carbonyl (C=O) groups is 1. The predicted octanol–water partition coefficient (Wildman–Crippen LogP) is 0.945. The lowest BCUT2D eigenvalue weighted by molar-refractivity contribution is -0.138. The molecule has 0 aliphatic carbocycles. The molecule has 2 atom stereocenters. The fourth-order valence-electron chi connectivity index (χ4n) is 2.54. The van der Waals surface area contributed by atoms with E-state index in [0.29, 0.717) is 31.0 Å². The van der Waals surface area contributed by atoms with Crippen LogP contribution in [-0.2, 0) is 16.0 Å². The van der Waals surface area contributed by atoms with E-state index in [0.717, 1.165) is 5.39 Å². The van der Waals surface area contributed by atoms with Crippen molar-refractivity contribution < 1.29 is 14.1 Å². The summed E-state index contributed by atoms with van der Waals surface area (Å²) in [7, 11) is 0. The molecule has 1 aromatic carbocycles. The fraction of sp³-hybridized carbons (Fsp3) is 0.467. The Kier molecular flexibility index (Phi) is 3.90. The van der Waals surface area contributed by atoms with Crippen molar-refractivity contribution >= 4 is 16.9 Å². The SMILES string of the molecule is CC(N)C1CN(C(=O)Cc2noc3ccccc23)CCO1. The van der Waals surface area contributed by atoms with Crippen molar-refractivity contribution in [3.8, 4) is 0 Å². The van der Waals surface area contributed by atoms with Gasteiger partial charge in [-0.2, -0.15) is 0 Å². The van der Waals surface area contributed by atoms with Gasteiger partial charge in [0, 0.05) is 24.5 Å². The van der Waals surface area contributed by atoms with Gasteiger partial charge in [0.25, 0.3) is 0 Å². The van der Waals surface area contributed by atoms with Gasteiger partial charge in [-0.05, 0) is 19.1 Å². The summed E-state index contributed by atoms with van der Waals surface area (Å²) in [4.78, 5) is 14.2. The van der Waals surface area contributed by atoms with Gasteiger partial charge in [-0.25, -0.2) is 0 Å². The molecule has 2 N–H and O–H groups in total. The van der Waals surface area contributed by atoms with E-state index in [2.05, 4.69) is 5.16 Å². The molecule has 2 aromatic rings. The molecule has 1 amide bonds. The number of hydrogen-bond donors (Lipinski definition) is 1. The zero-order valence-electron chi connectivity index (χ0n) is 12.0. The number of para-hydroxylation sites is 1. The number of morpholine rings is 1. The van der Waals surface area contributed by atoms with Gasteiger partial charge < -0.3 is 19.9 Å². The molecule has 0 radical (unpaired) electrons. The first kappa shape index (κ1) is 14.0. The molecule has 1 saturated heterocycles. The highest BCUT2D eigenvalue weighted by Crippen LogP contribution is 2.19. The third-order valence-electron chi connectivity index (χ3n) is 3.80. The van der Waals surface area contributed by atoms with Gasteiger partial charge in [0.2, 0.25) is 5.91 Å². The normalized spacial score (nSPS) is 20.7. The number of nitrogens with zero attached hydrogens (tertiary/aromatic N) is 2. The van der Waals surface area contributed by atoms with E-state index >= 15 is 0 Å². The lowest BCUT2D eigenvalue weighted by atomic mass is 10.1. The first-order chi connectivity index (χ1) is 10.1. The second-order valence-corrected chi connectivity index (χ2v) is 5.41. The van der Waals surface area contributed by atoms with E-state index in [9.17, 15) is 4.79 Å². The summed E-state index contributed by atoms with van der Waals surface area (Å²) in [6, 6.07) is 7.46. The summed E-state index contributed by atoms with van der Waals surface area (Å²) < 4.78 is 10.8. The molecule has 0 saturated carbocycles. The summed E-state index contributed by atoms with van der Waals surface area (Å²) in [5.74, 6) is 0.0306. The van der Waals surface area contributed by atoms with Gasteiger partial charge in [0.15, 0.2) is 5.58 Å². The average Bonchev–Trinajstić information content (AvgIpc) is 2.91. The maximum absolute atomic E-state index is 12.4. The largest absolute Gasteiger partial charge is 0.373 e. The molecule has 1 aliphatic heterocycles. The molecule has 0 bridgehead atoms. The zero-order valence-corrected chi connectivity index (χ0v) is 12.0. The van der Waals surface area contributed by atoms with Crippen molar-refractivity contribution in [1.29, 1.82) is 0 Å². The predicted molar refractivity (Wildman–Crippen MR) is 77.7 cm³/mol. The van der Waals surface area contributed by atoms with Crippen molar-refractivity contribution in [3.63, 3.8) is 0 Å². The molecule has 2 unspecified atom stereocenters. The Hall–Kier alpha value is -1.92. The minimum absolute atomic E-state index is 0.0306. The number of aromatic nitrogens is 1. The van der Waals surface area contributed by atoms with E-state index in [1.165, 1.54) is 0 Å². The Balaban J connectivity index is 1.71. The molecule has 3 rings (SSSR count). The smallest absolute Gasteiger partial charge is 0.228 e. The topological polar surface area (TPSA) is 81.6 Å². The maximum Gasteiger partial charge on any atom is 0.228 e. The van der Waals surface area contributed by atoms with Gasteiger partial charge in [-0.1, -0.05) is 17.3 Å². The Morgan fingerprint density at radius 2 is 2.33 bits per heavy atom. The molecule has 1 aliphatic rings. The molecule has 2 heterocycles. The summed E-state index contributed by atoms with van der Waals surface area (Å²) >= 11 is 0. The van der Waals surface area contributed by atoms with Crippen molar-refractivity contribution in [2.24, 2.45) is 5.73 Å². The Bertz CT molecular complexity index is 638. The molecule has 6 heteroatoms. The van der Waals surface area contributed by atoms with Crippen LogP contribution in [0.3, 0.4) is 0 Å². The molecule has 1 fully saturated rings. The Morgan fingerprint density at radius 1 is 1.52 bits per heavy atom. The highest BCUT2D eigenvalue weighted by atomic mass is 16.5. The Morgan fingerprint density at radius 3 is 3.14 bits per heavy atom. The van der Waals surface area contributed by atoms with Crippen LogP contribution in [0.2, 0.25) is 0 Å². The lowest BCUT2D eigenvalue weighted by Gasteiger charge is -2.34. The second kappa shape index (κ2) is 5.83. The molecular formula is C15H19N3O3. The van der Waals surface area contributed by atoms with Gasteiger partial charge in [0.05, 0.1) is 19.1 Å². The summed E-state index contributed by atoms with van der Waals surface area (Å²) in [6.45, 7) is 3.55. The van der Waals surface area contributed by atoms with Gasteiger partial charge in [0.1, 0.15) is 5.69 Å². The van der Waals surface area contributed by atoms with Crippen LogP contribution in [0.4, 0.5) is 0 Å². The number of rotatable bonds is 3. The number of fused-ring (bicyclic) bond motifs is 1. The maximum atomic E-state index is 12.4. The number of ether oxygens (including phenoxy) is 1. The number of benzene rings is 1. The lowest BCUT2D eigenvalue weighted by Crippen LogP contribution is -2.51. The van der Waals surface area contributed by atoms with Crippen LogP contribution in [0.15, 0.2) is 28.8 Å². The molecule has 21 heavy (non-hydrogen) atoms. The van der Waals surface area contributed by atoms with Crippen LogP contribution in [0.5, 0.6) is 0 Å². The number of nitrogens with two attached hydrogens (primary N) is 1. The van der Waals surface area contributed by atoms with Crippen molar-refractivity contribution in [2.45, 2.75) is 25.5 Å². The van der Waals surface area contributed by atoms with E-state index in [-0.39, 0.29) is 24.5 Å². The third kappa shape index (κ3) is 2.91. The van der Waals surface area contributed by atoms with Gasteiger partial charge >= 0.3 is 0 Å². The molecular weight excluding hydrogens is 270 g/mol. The van der Waals surface area contributed by atoms with Crippen molar-refractivity contribution in [3.05, 3.63) is 30.0 Å². The Labute approximate surface area is 122 Å². The van der Waals surface area contributed by atoms with E-state index in [1.807, 2.05) is 31.2 Å². The van der Waals surface area contributed by atoms with Crippen molar-refractivity contribution in [1.82, 2.24) is 10.1 Å². The standard InChI is InChI=1S/C15H19N3O3/c1-10(16)14-9-18(6-7-20-14)15(19)8-12-11-4-2-3-5-13(11)21-17-12/h2-5,10,14H,6-9,16H2,1H3. The number of hydrogen-bond acceptors (Lipinski definition) is 5. The first-order valence-corrected chi connectivity index (χ1v) is 7.13. The van der Waals surface area contributed by atoms with Gasteiger partial charge in [-0.15, -0.1) is 0 Å². The van der Waals surface area contributed by atoms with Crippen LogP contribution < -0.4 is 5.73 Å². The first-order valence-electron chi connectivity index (χ1n) is 7.13. The van der Waals surface area contributed by atoms with E-state index < -0.39 is 0 Å². The quantitative estimate of drug-likeness (QED) is 0.909. The average molecular weight is 289 g/mol. The molecule has 0 spiro atoms. The molecule has 112 valence electrons. The van der Waals surface area contributed by atoms with Crippen LogP contribution in [0.1, 0.15) is 12.6 Å². The van der Waals surface area contributed by atoms with Gasteiger partial charge in [-0.3, -0.25) is 4.79 Å². The summed E-state index contributed by atoms with van der Waals surface area (Å²) in [5.41, 5.74) is 7.23. The van der Waals surface area contributed by atoms with Crippen molar-refractivity contribution in [2.75, 3.05) is 19.7 Å². The highest BCUT2D eigenvalue weighted by Gasteiger charge is 2.27. The molecule has 1 aromatic heterocycles. The van der Waals surface area contributed by atoms with Crippen LogP contribution >= 0.6 is 0 Å². The van der Waals surface area contributed by atoms with Crippen LogP contribution in [0.25, 0.3) is 11.0 Å². The summed E-state index contributed by atoms with van der Waals surface area (Å²) in [6.07, 6.45) is 0.139. The van der Waals surface area contributed by atoms with E-state index in [4.69, 9.17) is 15.0 Å². The summed E-state index contributed by atoms with van der Waals surface area (Å²) in [5, 5.41) is 4.90. The van der Waals surface area contributed by atoms with E-state index in [1.54, 1.807) is 4.90 Å².